The maximum atomic E-state index is 11.7. The number of aliphatic hydroxyl groups is 2. The molecule has 1 aliphatic rings. The van der Waals surface area contributed by atoms with Crippen LogP contribution in [0.2, 0.25) is 10.0 Å². The highest BCUT2D eigenvalue weighted by Crippen LogP contribution is 2.37. The molecule has 1 heterocycles. The van der Waals surface area contributed by atoms with Crippen molar-refractivity contribution in [1.82, 2.24) is 10.2 Å². The molecule has 0 amide bonds. The van der Waals surface area contributed by atoms with Crippen LogP contribution in [0.1, 0.15) is 28.3 Å². The Kier molecular flexibility index (Phi) is 9.34. The molecule has 1 saturated heterocycles. The topological polar surface area (TPSA) is 82.8 Å². The van der Waals surface area contributed by atoms with Gasteiger partial charge in [0.25, 0.3) is 0 Å². The van der Waals surface area contributed by atoms with E-state index in [0.29, 0.717) is 54.0 Å². The van der Waals surface area contributed by atoms with Crippen molar-refractivity contribution < 1.29 is 10.2 Å². The summed E-state index contributed by atoms with van der Waals surface area (Å²) in [6.07, 6.45) is 1.59. The average Bonchev–Trinajstić information content (AvgIpc) is 2.96. The van der Waals surface area contributed by atoms with Crippen LogP contribution in [-0.2, 0) is 5.60 Å². The minimum absolute atomic E-state index is 0.0228. The maximum Gasteiger partial charge on any atom is 0.120 e. The summed E-state index contributed by atoms with van der Waals surface area (Å²) in [6.45, 7) is 10.8. The van der Waals surface area contributed by atoms with Gasteiger partial charge in [0, 0.05) is 43.4 Å². The van der Waals surface area contributed by atoms with Crippen molar-refractivity contribution >= 4 is 34.6 Å². The van der Waals surface area contributed by atoms with E-state index in [4.69, 9.17) is 28.3 Å². The van der Waals surface area contributed by atoms with Gasteiger partial charge in [0.1, 0.15) is 5.60 Å². The van der Waals surface area contributed by atoms with Crippen LogP contribution in [0, 0.1) is 11.3 Å². The van der Waals surface area contributed by atoms with Gasteiger partial charge in [0.2, 0.25) is 0 Å². The van der Waals surface area contributed by atoms with E-state index in [-0.39, 0.29) is 12.6 Å². The molecule has 3 aromatic rings. The highest BCUT2D eigenvalue weighted by Gasteiger charge is 2.35. The van der Waals surface area contributed by atoms with Crippen LogP contribution < -0.4 is 10.2 Å². The van der Waals surface area contributed by atoms with Gasteiger partial charge in [-0.25, -0.2) is 0 Å². The Morgan fingerprint density at radius 1 is 1.10 bits per heavy atom. The average molecular weight is 564 g/mol. The lowest BCUT2D eigenvalue weighted by Crippen LogP contribution is -2.52. The number of hydrogen-bond acceptors (Lipinski definition) is 6. The monoisotopic (exact) mass is 562 g/mol. The highest BCUT2D eigenvalue weighted by atomic mass is 35.5. The van der Waals surface area contributed by atoms with Crippen LogP contribution >= 0.6 is 23.2 Å². The van der Waals surface area contributed by atoms with E-state index in [1.165, 1.54) is 0 Å². The van der Waals surface area contributed by atoms with Gasteiger partial charge in [0.15, 0.2) is 0 Å². The summed E-state index contributed by atoms with van der Waals surface area (Å²) in [4.78, 5) is 4.47. The molecule has 1 aliphatic heterocycles. The molecule has 0 aliphatic carbocycles. The standard InChI is InChI=1S/C31H32Cl2N4O2/c1-3-31(39,26-9-5-24(6-10-26)22(2)35-14-17-38)21-36-15-16-37(29-13-4-23(19-34)18-28(29)33)30(20-36)25-7-11-27(32)12-8-25/h3-13,18,30,35,38-39H,1-2,14-17,20-21H2/t30-,31+/m0/s1. The molecule has 4 rings (SSSR count). The lowest BCUT2D eigenvalue weighted by Gasteiger charge is -2.45. The molecule has 0 unspecified atom stereocenters. The molecule has 3 aromatic carbocycles. The molecular weight excluding hydrogens is 531 g/mol. The van der Waals surface area contributed by atoms with E-state index >= 15 is 0 Å². The second-order valence-electron chi connectivity index (χ2n) is 9.61. The number of halogens is 2. The normalized spacial score (nSPS) is 17.2. The fourth-order valence-electron chi connectivity index (χ4n) is 4.93. The molecule has 0 bridgehead atoms. The number of piperazine rings is 1. The van der Waals surface area contributed by atoms with Gasteiger partial charge in [0.05, 0.1) is 35.0 Å². The SMILES string of the molecule is C=C[C@@](O)(CN1CCN(c2ccc(C#N)cc2Cl)[C@H](c2ccc(Cl)cc2)C1)c1ccc(C(=C)NCCO)cc1. The van der Waals surface area contributed by atoms with Crippen molar-refractivity contribution in [2.75, 3.05) is 44.2 Å². The van der Waals surface area contributed by atoms with Crippen molar-refractivity contribution in [3.05, 3.63) is 118 Å². The van der Waals surface area contributed by atoms with Crippen LogP contribution in [0.15, 0.2) is 86.0 Å². The van der Waals surface area contributed by atoms with Crippen LogP contribution in [-0.4, -0.2) is 54.4 Å². The Balaban J connectivity index is 1.58. The Morgan fingerprint density at radius 2 is 1.82 bits per heavy atom. The van der Waals surface area contributed by atoms with E-state index in [9.17, 15) is 10.4 Å². The molecule has 39 heavy (non-hydrogen) atoms. The molecular formula is C31H32Cl2N4O2. The van der Waals surface area contributed by atoms with Crippen molar-refractivity contribution in [2.45, 2.75) is 11.6 Å². The molecule has 0 saturated carbocycles. The molecule has 0 radical (unpaired) electrons. The predicted molar refractivity (Wildman–Crippen MR) is 159 cm³/mol. The lowest BCUT2D eigenvalue weighted by atomic mass is 9.91. The third-order valence-electron chi connectivity index (χ3n) is 7.09. The van der Waals surface area contributed by atoms with E-state index in [0.717, 1.165) is 22.4 Å². The van der Waals surface area contributed by atoms with Gasteiger partial charge in [-0.2, -0.15) is 5.26 Å². The summed E-state index contributed by atoms with van der Waals surface area (Å²) in [5.41, 5.74) is 3.51. The Morgan fingerprint density at radius 3 is 2.44 bits per heavy atom. The molecule has 0 spiro atoms. The maximum absolute atomic E-state index is 11.7. The lowest BCUT2D eigenvalue weighted by molar-refractivity contribution is 0.0359. The molecule has 2 atom stereocenters. The quantitative estimate of drug-likeness (QED) is 0.289. The zero-order chi connectivity index (χ0) is 28.0. The number of β-amino-alcohol motifs (C(OH)–C–C–N with tert-alkyl or cyclic N) is 1. The van der Waals surface area contributed by atoms with E-state index in [1.54, 1.807) is 18.2 Å². The first-order valence-corrected chi connectivity index (χ1v) is 13.5. The Labute approximate surface area is 240 Å². The molecule has 1 fully saturated rings. The summed E-state index contributed by atoms with van der Waals surface area (Å²) in [5.74, 6) is 0. The summed E-state index contributed by atoms with van der Waals surface area (Å²) in [5, 5.41) is 34.2. The summed E-state index contributed by atoms with van der Waals surface area (Å²) in [7, 11) is 0. The van der Waals surface area contributed by atoms with Gasteiger partial charge in [-0.1, -0.05) is 78.8 Å². The fraction of sp³-hybridized carbons (Fsp3) is 0.258. The van der Waals surface area contributed by atoms with E-state index in [2.05, 4.69) is 34.3 Å². The summed E-state index contributed by atoms with van der Waals surface area (Å²) < 4.78 is 0. The minimum Gasteiger partial charge on any atom is -0.395 e. The number of rotatable bonds is 10. The Bertz CT molecular complexity index is 1350. The number of anilines is 1. The molecule has 0 aromatic heterocycles. The van der Waals surface area contributed by atoms with E-state index in [1.807, 2.05) is 54.6 Å². The first kappa shape index (κ1) is 28.7. The van der Waals surface area contributed by atoms with Gasteiger partial charge < -0.3 is 20.4 Å². The first-order valence-electron chi connectivity index (χ1n) is 12.7. The number of nitrogens with one attached hydrogen (secondary N) is 1. The van der Waals surface area contributed by atoms with Crippen LogP contribution in [0.5, 0.6) is 0 Å². The highest BCUT2D eigenvalue weighted by molar-refractivity contribution is 6.33. The number of nitriles is 1. The van der Waals surface area contributed by atoms with Gasteiger partial charge in [-0.05, 0) is 47.0 Å². The van der Waals surface area contributed by atoms with Gasteiger partial charge >= 0.3 is 0 Å². The van der Waals surface area contributed by atoms with Crippen molar-refractivity contribution in [3.63, 3.8) is 0 Å². The molecule has 6 nitrogen and oxygen atoms in total. The molecule has 8 heteroatoms. The van der Waals surface area contributed by atoms with E-state index < -0.39 is 5.60 Å². The fourth-order valence-corrected chi connectivity index (χ4v) is 5.35. The van der Waals surface area contributed by atoms with Crippen molar-refractivity contribution in [1.29, 1.82) is 5.26 Å². The number of benzene rings is 3. The second kappa shape index (κ2) is 12.7. The number of nitrogens with zero attached hydrogens (tertiary/aromatic N) is 3. The molecule has 3 N–H and O–H groups in total. The third-order valence-corrected chi connectivity index (χ3v) is 7.65. The number of hydrogen-bond donors (Lipinski definition) is 3. The van der Waals surface area contributed by atoms with Gasteiger partial charge in [-0.15, -0.1) is 0 Å². The zero-order valence-corrected chi connectivity index (χ0v) is 23.2. The summed E-state index contributed by atoms with van der Waals surface area (Å²) >= 11 is 12.8. The predicted octanol–water partition coefficient (Wildman–Crippen LogP) is 5.35. The van der Waals surface area contributed by atoms with Crippen LogP contribution in [0.3, 0.4) is 0 Å². The Hall–Kier alpha value is -3.31. The smallest absolute Gasteiger partial charge is 0.120 e. The summed E-state index contributed by atoms with van der Waals surface area (Å²) in [6, 6.07) is 22.8. The van der Waals surface area contributed by atoms with Crippen LogP contribution in [0.25, 0.3) is 5.70 Å². The van der Waals surface area contributed by atoms with Crippen LogP contribution in [0.4, 0.5) is 5.69 Å². The first-order chi connectivity index (χ1) is 18.8. The van der Waals surface area contributed by atoms with Gasteiger partial charge in [-0.3, -0.25) is 4.90 Å². The van der Waals surface area contributed by atoms with Crippen molar-refractivity contribution in [2.24, 2.45) is 0 Å². The number of aliphatic hydroxyl groups excluding tert-OH is 1. The third kappa shape index (κ3) is 6.65. The largest absolute Gasteiger partial charge is 0.395 e. The van der Waals surface area contributed by atoms with Crippen molar-refractivity contribution in [3.8, 4) is 6.07 Å². The zero-order valence-electron chi connectivity index (χ0n) is 21.7. The second-order valence-corrected chi connectivity index (χ2v) is 10.5. The molecule has 202 valence electrons. The minimum atomic E-state index is -1.27.